The van der Waals surface area contributed by atoms with Crippen LogP contribution in [0.2, 0.25) is 0 Å². The lowest BCUT2D eigenvalue weighted by molar-refractivity contribution is -0.183. The molecule has 2 aliphatic rings. The van der Waals surface area contributed by atoms with Gasteiger partial charge in [-0.25, -0.2) is 4.79 Å². The van der Waals surface area contributed by atoms with Gasteiger partial charge in [0.05, 0.1) is 5.92 Å². The molecule has 3 amide bonds. The van der Waals surface area contributed by atoms with Crippen molar-refractivity contribution in [2.45, 2.75) is 50.7 Å². The van der Waals surface area contributed by atoms with Gasteiger partial charge in [-0.15, -0.1) is 0 Å². The van der Waals surface area contributed by atoms with E-state index in [9.17, 15) is 22.8 Å². The average Bonchev–Trinajstić information content (AvgIpc) is 2.46. The number of likely N-dealkylation sites (tertiary alicyclic amines) is 1. The number of amides is 3. The zero-order valence-corrected chi connectivity index (χ0v) is 12.4. The van der Waals surface area contributed by atoms with Gasteiger partial charge in [0.2, 0.25) is 5.91 Å². The number of rotatable bonds is 2. The van der Waals surface area contributed by atoms with E-state index >= 15 is 0 Å². The molecule has 2 rings (SSSR count). The third-order valence-corrected chi connectivity index (χ3v) is 4.65. The van der Waals surface area contributed by atoms with Gasteiger partial charge in [0.25, 0.3) is 0 Å². The van der Waals surface area contributed by atoms with Crippen LogP contribution < -0.4 is 11.1 Å². The van der Waals surface area contributed by atoms with Gasteiger partial charge in [-0.2, -0.15) is 13.2 Å². The highest BCUT2D eigenvalue weighted by Gasteiger charge is 2.42. The van der Waals surface area contributed by atoms with Crippen LogP contribution in [-0.4, -0.2) is 42.1 Å². The van der Waals surface area contributed by atoms with Gasteiger partial charge in [0.15, 0.2) is 0 Å². The molecule has 3 N–H and O–H groups in total. The van der Waals surface area contributed by atoms with Gasteiger partial charge in [-0.3, -0.25) is 4.79 Å². The largest absolute Gasteiger partial charge is 0.391 e. The SMILES string of the molecule is NC(=O)C1CCN(C(=O)N[C@H]2CCC[C@H](C(F)(F)F)C2)CC1. The Morgan fingerprint density at radius 2 is 1.73 bits per heavy atom. The highest BCUT2D eigenvalue weighted by Crippen LogP contribution is 2.37. The molecule has 2 atom stereocenters. The summed E-state index contributed by atoms with van der Waals surface area (Å²) in [6, 6.07) is -0.766. The minimum atomic E-state index is -4.19. The number of carbonyl (C=O) groups excluding carboxylic acids is 2. The minimum Gasteiger partial charge on any atom is -0.369 e. The third-order valence-electron chi connectivity index (χ3n) is 4.65. The normalized spacial score (nSPS) is 27.5. The van der Waals surface area contributed by atoms with E-state index in [4.69, 9.17) is 5.73 Å². The van der Waals surface area contributed by atoms with Gasteiger partial charge in [-0.05, 0) is 32.1 Å². The van der Waals surface area contributed by atoms with E-state index in [-0.39, 0.29) is 30.7 Å². The zero-order valence-electron chi connectivity index (χ0n) is 12.4. The molecule has 0 aromatic heterocycles. The van der Waals surface area contributed by atoms with Crippen molar-refractivity contribution in [1.82, 2.24) is 10.2 Å². The van der Waals surface area contributed by atoms with Gasteiger partial charge in [0.1, 0.15) is 0 Å². The number of urea groups is 1. The summed E-state index contributed by atoms with van der Waals surface area (Å²) in [7, 11) is 0. The molecule has 8 heteroatoms. The number of nitrogens with one attached hydrogen (secondary N) is 1. The zero-order chi connectivity index (χ0) is 16.3. The van der Waals surface area contributed by atoms with E-state index in [2.05, 4.69) is 5.32 Å². The number of carbonyl (C=O) groups is 2. The second kappa shape index (κ2) is 6.75. The average molecular weight is 321 g/mol. The predicted octanol–water partition coefficient (Wildman–Crippen LogP) is 2.01. The maximum Gasteiger partial charge on any atom is 0.391 e. The number of alkyl halides is 3. The lowest BCUT2D eigenvalue weighted by Crippen LogP contribution is -2.50. The van der Waals surface area contributed by atoms with E-state index in [1.807, 2.05) is 0 Å². The number of hydrogen-bond acceptors (Lipinski definition) is 2. The fourth-order valence-corrected chi connectivity index (χ4v) is 3.25. The Balaban J connectivity index is 1.81. The summed E-state index contributed by atoms with van der Waals surface area (Å²) < 4.78 is 38.3. The molecule has 0 aromatic carbocycles. The number of primary amides is 1. The fraction of sp³-hybridized carbons (Fsp3) is 0.857. The van der Waals surface area contributed by atoms with Gasteiger partial charge < -0.3 is 16.0 Å². The van der Waals surface area contributed by atoms with Crippen LogP contribution in [0.5, 0.6) is 0 Å². The first-order valence-electron chi connectivity index (χ1n) is 7.69. The Kier molecular flexibility index (Phi) is 5.18. The highest BCUT2D eigenvalue weighted by atomic mass is 19.4. The van der Waals surface area contributed by atoms with Crippen LogP contribution >= 0.6 is 0 Å². The predicted molar refractivity (Wildman–Crippen MR) is 73.8 cm³/mol. The van der Waals surface area contributed by atoms with E-state index in [0.717, 1.165) is 0 Å². The lowest BCUT2D eigenvalue weighted by atomic mass is 9.85. The molecule has 0 spiro atoms. The highest BCUT2D eigenvalue weighted by molar-refractivity contribution is 5.78. The monoisotopic (exact) mass is 321 g/mol. The Morgan fingerprint density at radius 3 is 2.27 bits per heavy atom. The molecule has 2 fully saturated rings. The molecule has 1 saturated heterocycles. The molecule has 0 unspecified atom stereocenters. The minimum absolute atomic E-state index is 0.0486. The first kappa shape index (κ1) is 16.9. The van der Waals surface area contributed by atoms with Gasteiger partial charge in [-0.1, -0.05) is 6.42 Å². The molecule has 5 nitrogen and oxygen atoms in total. The number of halogens is 3. The second-order valence-electron chi connectivity index (χ2n) is 6.22. The maximum atomic E-state index is 12.8. The van der Waals surface area contributed by atoms with Crippen molar-refractivity contribution in [2.24, 2.45) is 17.6 Å². The second-order valence-corrected chi connectivity index (χ2v) is 6.22. The summed E-state index contributed by atoms with van der Waals surface area (Å²) in [4.78, 5) is 24.7. The summed E-state index contributed by atoms with van der Waals surface area (Å²) in [5.74, 6) is -1.90. The van der Waals surface area contributed by atoms with Crippen LogP contribution in [0.15, 0.2) is 0 Å². The molecule has 22 heavy (non-hydrogen) atoms. The van der Waals surface area contributed by atoms with E-state index in [1.54, 1.807) is 4.90 Å². The Bertz CT molecular complexity index is 420. The topological polar surface area (TPSA) is 75.4 Å². The smallest absolute Gasteiger partial charge is 0.369 e. The summed E-state index contributed by atoms with van der Waals surface area (Å²) in [6.07, 6.45) is -2.03. The van der Waals surface area contributed by atoms with Crippen LogP contribution in [0.25, 0.3) is 0 Å². The van der Waals surface area contributed by atoms with Crippen LogP contribution in [0, 0.1) is 11.8 Å². The van der Waals surface area contributed by atoms with Crippen molar-refractivity contribution in [3.63, 3.8) is 0 Å². The molecular weight excluding hydrogens is 299 g/mol. The molecule has 1 aliphatic heterocycles. The lowest BCUT2D eigenvalue weighted by Gasteiger charge is -2.35. The van der Waals surface area contributed by atoms with Crippen molar-refractivity contribution >= 4 is 11.9 Å². The Morgan fingerprint density at radius 1 is 1.09 bits per heavy atom. The number of nitrogens with zero attached hydrogens (tertiary/aromatic N) is 1. The fourth-order valence-electron chi connectivity index (χ4n) is 3.25. The van der Waals surface area contributed by atoms with Crippen molar-refractivity contribution in [3.8, 4) is 0 Å². The molecule has 1 aliphatic carbocycles. The Labute approximate surface area is 127 Å². The van der Waals surface area contributed by atoms with Gasteiger partial charge in [0, 0.05) is 25.0 Å². The van der Waals surface area contributed by atoms with E-state index < -0.39 is 18.1 Å². The van der Waals surface area contributed by atoms with Crippen molar-refractivity contribution in [1.29, 1.82) is 0 Å². The number of hydrogen-bond donors (Lipinski definition) is 2. The number of nitrogens with two attached hydrogens (primary N) is 1. The third kappa shape index (κ3) is 4.27. The summed E-state index contributed by atoms with van der Waals surface area (Å²) in [5.41, 5.74) is 5.23. The quantitative estimate of drug-likeness (QED) is 0.816. The van der Waals surface area contributed by atoms with Crippen molar-refractivity contribution in [3.05, 3.63) is 0 Å². The number of piperidine rings is 1. The van der Waals surface area contributed by atoms with Crippen molar-refractivity contribution < 1.29 is 22.8 Å². The molecule has 1 heterocycles. The molecule has 0 aromatic rings. The summed E-state index contributed by atoms with van der Waals surface area (Å²) >= 11 is 0. The van der Waals surface area contributed by atoms with Crippen LogP contribution in [-0.2, 0) is 4.79 Å². The summed E-state index contributed by atoms with van der Waals surface area (Å²) in [5, 5.41) is 2.71. The van der Waals surface area contributed by atoms with Crippen LogP contribution in [0.4, 0.5) is 18.0 Å². The summed E-state index contributed by atoms with van der Waals surface area (Å²) in [6.45, 7) is 0.823. The van der Waals surface area contributed by atoms with E-state index in [0.29, 0.717) is 38.8 Å². The first-order valence-corrected chi connectivity index (χ1v) is 7.69. The van der Waals surface area contributed by atoms with Gasteiger partial charge >= 0.3 is 12.2 Å². The molecule has 0 radical (unpaired) electrons. The molecular formula is C14H22F3N3O2. The van der Waals surface area contributed by atoms with Crippen molar-refractivity contribution in [2.75, 3.05) is 13.1 Å². The molecule has 1 saturated carbocycles. The molecule has 0 bridgehead atoms. The van der Waals surface area contributed by atoms with Crippen LogP contribution in [0.1, 0.15) is 38.5 Å². The van der Waals surface area contributed by atoms with Crippen LogP contribution in [0.3, 0.4) is 0 Å². The maximum absolute atomic E-state index is 12.8. The van der Waals surface area contributed by atoms with E-state index in [1.165, 1.54) is 0 Å². The standard InChI is InChI=1S/C14H22F3N3O2/c15-14(16,17)10-2-1-3-11(8-10)19-13(22)20-6-4-9(5-7-20)12(18)21/h9-11H,1-8H2,(H2,18,21)(H,19,22)/t10-,11-/m0/s1. The first-order chi connectivity index (χ1) is 10.3. The molecule has 126 valence electrons. The Hall–Kier alpha value is -1.47.